The molecule has 0 saturated carbocycles. The monoisotopic (exact) mass is 295 g/mol. The van der Waals surface area contributed by atoms with Crippen molar-refractivity contribution in [2.45, 2.75) is 24.3 Å². The van der Waals surface area contributed by atoms with E-state index in [1.807, 2.05) is 6.92 Å². The van der Waals surface area contributed by atoms with Gasteiger partial charge in [-0.05, 0) is 12.5 Å². The minimum atomic E-state index is -3.68. The van der Waals surface area contributed by atoms with E-state index in [-0.39, 0.29) is 4.90 Å². The van der Waals surface area contributed by atoms with Gasteiger partial charge < -0.3 is 10.3 Å². The third kappa shape index (κ3) is 2.97. The second-order valence-corrected chi connectivity index (χ2v) is 5.86. The maximum absolute atomic E-state index is 12.4. The maximum Gasteiger partial charge on any atom is 0.244 e. The lowest BCUT2D eigenvalue weighted by atomic mass is 10.2. The molecule has 0 spiro atoms. The lowest BCUT2D eigenvalue weighted by Gasteiger charge is -2.16. The minimum Gasteiger partial charge on any atom is -0.387 e. The number of nitrogens with zero attached hydrogens (tertiary/aromatic N) is 2. The number of aromatic amines is 1. The van der Waals surface area contributed by atoms with Gasteiger partial charge in [-0.2, -0.15) is 0 Å². The van der Waals surface area contributed by atoms with E-state index in [2.05, 4.69) is 25.0 Å². The fourth-order valence-electron chi connectivity index (χ4n) is 1.85. The second kappa shape index (κ2) is 6.02. The highest BCUT2D eigenvalue weighted by molar-refractivity contribution is 7.89. The zero-order chi connectivity index (χ0) is 14.6. The van der Waals surface area contributed by atoms with Crippen LogP contribution in [-0.2, 0) is 10.0 Å². The first-order chi connectivity index (χ1) is 9.58. The van der Waals surface area contributed by atoms with Gasteiger partial charge in [0.05, 0.1) is 11.7 Å². The van der Waals surface area contributed by atoms with Crippen LogP contribution >= 0.6 is 0 Å². The van der Waals surface area contributed by atoms with Gasteiger partial charge in [0.1, 0.15) is 10.7 Å². The Morgan fingerprint density at radius 2 is 2.20 bits per heavy atom. The largest absolute Gasteiger partial charge is 0.387 e. The minimum absolute atomic E-state index is 0.118. The van der Waals surface area contributed by atoms with E-state index in [0.29, 0.717) is 17.9 Å². The summed E-state index contributed by atoms with van der Waals surface area (Å²) in [5.41, 5.74) is 0.502. The van der Waals surface area contributed by atoms with Crippen LogP contribution < -0.4 is 10.0 Å². The number of anilines is 1. The number of sulfonamides is 1. The Hall–Kier alpha value is -1.93. The number of hydrogen-bond donors (Lipinski definition) is 3. The molecule has 0 fully saturated rings. The van der Waals surface area contributed by atoms with Crippen molar-refractivity contribution < 1.29 is 8.42 Å². The summed E-state index contributed by atoms with van der Waals surface area (Å²) < 4.78 is 27.5. The van der Waals surface area contributed by atoms with Crippen LogP contribution in [0.3, 0.4) is 0 Å². The van der Waals surface area contributed by atoms with Crippen molar-refractivity contribution in [2.75, 3.05) is 12.4 Å². The van der Waals surface area contributed by atoms with E-state index >= 15 is 0 Å². The van der Waals surface area contributed by atoms with Gasteiger partial charge in [0, 0.05) is 31.8 Å². The van der Waals surface area contributed by atoms with Gasteiger partial charge in [0.2, 0.25) is 10.0 Å². The predicted molar refractivity (Wildman–Crippen MR) is 75.7 cm³/mol. The van der Waals surface area contributed by atoms with Crippen LogP contribution in [0.4, 0.5) is 5.69 Å². The Bertz CT molecular complexity index is 654. The van der Waals surface area contributed by atoms with Crippen molar-refractivity contribution in [1.82, 2.24) is 19.7 Å². The third-order valence-corrected chi connectivity index (χ3v) is 4.40. The quantitative estimate of drug-likeness (QED) is 0.745. The van der Waals surface area contributed by atoms with Gasteiger partial charge in [0.15, 0.2) is 0 Å². The zero-order valence-electron chi connectivity index (χ0n) is 11.3. The topological polar surface area (TPSA) is 99.8 Å². The van der Waals surface area contributed by atoms with Crippen LogP contribution in [0.5, 0.6) is 0 Å². The fraction of sp³-hybridized carbons (Fsp3) is 0.333. The molecule has 2 rings (SSSR count). The first kappa shape index (κ1) is 14.5. The van der Waals surface area contributed by atoms with Gasteiger partial charge in [0.25, 0.3) is 0 Å². The van der Waals surface area contributed by atoms with Crippen molar-refractivity contribution in [3.05, 3.63) is 36.7 Å². The number of nitrogens with one attached hydrogen (secondary N) is 3. The van der Waals surface area contributed by atoms with Crippen molar-refractivity contribution in [2.24, 2.45) is 0 Å². The first-order valence-corrected chi connectivity index (χ1v) is 7.70. The number of aromatic nitrogens is 3. The summed E-state index contributed by atoms with van der Waals surface area (Å²) >= 11 is 0. The highest BCUT2D eigenvalue weighted by Crippen LogP contribution is 2.22. The molecule has 0 aliphatic heterocycles. The van der Waals surface area contributed by atoms with E-state index in [1.165, 1.54) is 12.4 Å². The lowest BCUT2D eigenvalue weighted by molar-refractivity contribution is 0.539. The molecule has 2 heterocycles. The van der Waals surface area contributed by atoms with Crippen LogP contribution in [0.1, 0.15) is 25.2 Å². The average Bonchev–Trinajstić information content (AvgIpc) is 2.98. The molecule has 0 saturated heterocycles. The van der Waals surface area contributed by atoms with Crippen molar-refractivity contribution >= 4 is 15.7 Å². The van der Waals surface area contributed by atoms with Crippen LogP contribution in [0.15, 0.2) is 35.7 Å². The summed E-state index contributed by atoms with van der Waals surface area (Å²) in [5.74, 6) is 0.589. The molecule has 2 aromatic heterocycles. The molecule has 7 nitrogen and oxygen atoms in total. The molecule has 3 N–H and O–H groups in total. The van der Waals surface area contributed by atoms with Gasteiger partial charge >= 0.3 is 0 Å². The molecule has 0 aliphatic carbocycles. The summed E-state index contributed by atoms with van der Waals surface area (Å²) in [6.07, 6.45) is 6.70. The molecule has 1 atom stereocenters. The molecule has 0 bridgehead atoms. The van der Waals surface area contributed by atoms with E-state index in [1.54, 1.807) is 25.5 Å². The number of H-pyrrole nitrogens is 1. The first-order valence-electron chi connectivity index (χ1n) is 6.22. The molecule has 8 heteroatoms. The van der Waals surface area contributed by atoms with E-state index in [4.69, 9.17) is 0 Å². The van der Waals surface area contributed by atoms with Gasteiger partial charge in [-0.25, -0.2) is 18.1 Å². The van der Waals surface area contributed by atoms with Crippen molar-refractivity contribution in [3.8, 4) is 0 Å². The van der Waals surface area contributed by atoms with Crippen LogP contribution in [-0.4, -0.2) is 30.4 Å². The number of hydrogen-bond acceptors (Lipinski definition) is 5. The molecule has 0 aromatic carbocycles. The van der Waals surface area contributed by atoms with Crippen LogP contribution in [0.25, 0.3) is 0 Å². The Balaban J connectivity index is 2.31. The van der Waals surface area contributed by atoms with Gasteiger partial charge in [-0.3, -0.25) is 4.98 Å². The lowest BCUT2D eigenvalue weighted by Crippen LogP contribution is -2.29. The number of pyridine rings is 1. The molecule has 0 aliphatic rings. The second-order valence-electron chi connectivity index (χ2n) is 4.18. The normalized spacial score (nSPS) is 13.1. The summed E-state index contributed by atoms with van der Waals surface area (Å²) in [7, 11) is -2.01. The van der Waals surface area contributed by atoms with Crippen molar-refractivity contribution in [1.29, 1.82) is 0 Å². The summed E-state index contributed by atoms with van der Waals surface area (Å²) in [5, 5.41) is 2.85. The van der Waals surface area contributed by atoms with E-state index in [9.17, 15) is 8.42 Å². The molecule has 1 unspecified atom stereocenters. The van der Waals surface area contributed by atoms with Gasteiger partial charge in [-0.1, -0.05) is 6.92 Å². The summed E-state index contributed by atoms with van der Waals surface area (Å²) in [6, 6.07) is 1.21. The molecule has 0 amide bonds. The summed E-state index contributed by atoms with van der Waals surface area (Å²) in [6.45, 7) is 1.89. The summed E-state index contributed by atoms with van der Waals surface area (Å²) in [4.78, 5) is 11.0. The highest BCUT2D eigenvalue weighted by atomic mass is 32.2. The zero-order valence-corrected chi connectivity index (χ0v) is 12.1. The standard InChI is InChI=1S/C12H17N5O2S/c1-3-9(12-15-6-7-16-12)17-20(18,19)11-8-14-5-4-10(11)13-2/h4-9,17H,3H2,1-2H3,(H,13,14)(H,15,16). The molecule has 108 valence electrons. The van der Waals surface area contributed by atoms with Crippen molar-refractivity contribution in [3.63, 3.8) is 0 Å². The van der Waals surface area contributed by atoms with Crippen LogP contribution in [0.2, 0.25) is 0 Å². The Morgan fingerprint density at radius 1 is 1.40 bits per heavy atom. The maximum atomic E-state index is 12.4. The van der Waals surface area contributed by atoms with E-state index in [0.717, 1.165) is 0 Å². The third-order valence-electron chi connectivity index (χ3n) is 2.90. The Kier molecular flexibility index (Phi) is 4.35. The smallest absolute Gasteiger partial charge is 0.244 e. The highest BCUT2D eigenvalue weighted by Gasteiger charge is 2.24. The average molecular weight is 295 g/mol. The molecular weight excluding hydrogens is 278 g/mol. The Morgan fingerprint density at radius 3 is 2.80 bits per heavy atom. The Labute approximate surface area is 117 Å². The SMILES string of the molecule is CCC(NS(=O)(=O)c1cnccc1NC)c1ncc[nH]1. The van der Waals surface area contributed by atoms with E-state index < -0.39 is 16.1 Å². The van der Waals surface area contributed by atoms with Crippen LogP contribution in [0, 0.1) is 0 Å². The fourth-order valence-corrected chi connectivity index (χ4v) is 3.29. The molecular formula is C12H17N5O2S. The predicted octanol–water partition coefficient (Wildman–Crippen LogP) is 1.28. The molecule has 20 heavy (non-hydrogen) atoms. The molecule has 0 radical (unpaired) electrons. The molecule has 2 aromatic rings. The van der Waals surface area contributed by atoms with Gasteiger partial charge in [-0.15, -0.1) is 0 Å². The number of imidazole rings is 1. The number of rotatable bonds is 6.